The SMILES string of the molecule is CC1C[C@H]2[C@@H]3CCC4=CC(=O)C=C[C@]4(C)[C@@]3(F)[C@@H](O)C[C@]2(C)C(O)(COP(=O)([O-])[O-])C1=O.[Na+].[Na+]. The minimum atomic E-state index is -5.49. The number of phosphoric ester groups is 1. The van der Waals surface area contributed by atoms with Crippen LogP contribution in [0, 0.1) is 28.6 Å². The average molecular weight is 516 g/mol. The van der Waals surface area contributed by atoms with Crippen molar-refractivity contribution in [2.75, 3.05) is 6.61 Å². The van der Waals surface area contributed by atoms with Crippen molar-refractivity contribution >= 4 is 19.4 Å². The van der Waals surface area contributed by atoms with E-state index in [4.69, 9.17) is 0 Å². The topological polar surface area (TPSA) is 147 Å². The normalized spacial score (nSPS) is 45.7. The third-order valence-corrected chi connectivity index (χ3v) is 9.32. The van der Waals surface area contributed by atoms with Gasteiger partial charge < -0.3 is 29.1 Å². The van der Waals surface area contributed by atoms with Crippen LogP contribution < -0.4 is 68.9 Å². The molecule has 0 heterocycles. The number of phosphoric acid groups is 1. The zero-order valence-corrected chi connectivity index (χ0v) is 25.1. The number of ketones is 2. The standard InChI is InChI=1S/C22H30FO8P.2Na/c1-12-8-16-15-5-4-13-9-14(24)6-7-19(13,2)22(15,23)17(25)10-20(16,3)21(27,18(12)26)11-31-32(28,29)30;;/h6-7,9,12,15-17,25,27H,4-5,8,10-11H2,1-3H3,(H2,28,29,30);;/q;2*+1/p-2/t12?,15-,16-,17-,19-,20-,21?,22-;;/m0../s1. The third-order valence-electron chi connectivity index (χ3n) is 8.87. The van der Waals surface area contributed by atoms with E-state index in [1.807, 2.05) is 0 Å². The van der Waals surface area contributed by atoms with Gasteiger partial charge in [-0.15, -0.1) is 0 Å². The number of alkyl halides is 1. The van der Waals surface area contributed by atoms with Crippen LogP contribution in [0.3, 0.4) is 0 Å². The summed E-state index contributed by atoms with van der Waals surface area (Å²) in [5.74, 6) is -3.03. The average Bonchev–Trinajstić information content (AvgIpc) is 2.69. The van der Waals surface area contributed by atoms with E-state index in [1.54, 1.807) is 13.8 Å². The maximum atomic E-state index is 17.1. The molecule has 0 saturated heterocycles. The summed E-state index contributed by atoms with van der Waals surface area (Å²) in [6, 6.07) is 0. The molecule has 8 atom stereocenters. The van der Waals surface area contributed by atoms with Gasteiger partial charge in [0, 0.05) is 22.7 Å². The Labute approximate surface area is 242 Å². The molecule has 178 valence electrons. The molecule has 0 spiro atoms. The molecule has 4 aliphatic rings. The first-order valence-corrected chi connectivity index (χ1v) is 12.3. The molecule has 8 nitrogen and oxygen atoms in total. The van der Waals surface area contributed by atoms with E-state index in [0.29, 0.717) is 12.0 Å². The van der Waals surface area contributed by atoms with Crippen molar-refractivity contribution in [3.05, 3.63) is 23.8 Å². The van der Waals surface area contributed by atoms with Crippen molar-refractivity contribution in [3.8, 4) is 0 Å². The van der Waals surface area contributed by atoms with Crippen LogP contribution in [0.5, 0.6) is 0 Å². The molecule has 0 aliphatic heterocycles. The Kier molecular flexibility index (Phi) is 8.96. The fourth-order valence-corrected chi connectivity index (χ4v) is 7.40. The fraction of sp³-hybridized carbons (Fsp3) is 0.727. The Morgan fingerprint density at radius 2 is 1.85 bits per heavy atom. The van der Waals surface area contributed by atoms with Crippen LogP contribution >= 0.6 is 7.82 Å². The van der Waals surface area contributed by atoms with Crippen molar-refractivity contribution in [1.29, 1.82) is 0 Å². The predicted octanol–water partition coefficient (Wildman–Crippen LogP) is -5.24. The summed E-state index contributed by atoms with van der Waals surface area (Å²) in [6.07, 6.45) is 3.20. The van der Waals surface area contributed by atoms with Gasteiger partial charge in [0.2, 0.25) is 0 Å². The summed E-state index contributed by atoms with van der Waals surface area (Å²) >= 11 is 0. The van der Waals surface area contributed by atoms with E-state index in [1.165, 1.54) is 25.2 Å². The van der Waals surface area contributed by atoms with Crippen LogP contribution in [0.15, 0.2) is 23.8 Å². The number of hydrogen-bond acceptors (Lipinski definition) is 8. The fourth-order valence-electron chi connectivity index (χ4n) is 7.06. The second-order valence-electron chi connectivity index (χ2n) is 10.3. The molecule has 4 aliphatic carbocycles. The number of aliphatic hydroxyl groups excluding tert-OH is 1. The number of carbonyl (C=O) groups excluding carboxylic acids is 2. The predicted molar refractivity (Wildman–Crippen MR) is 106 cm³/mol. The van der Waals surface area contributed by atoms with E-state index >= 15 is 4.39 Å². The second kappa shape index (κ2) is 9.83. The Morgan fingerprint density at radius 3 is 2.44 bits per heavy atom. The summed E-state index contributed by atoms with van der Waals surface area (Å²) < 4.78 is 32.5. The van der Waals surface area contributed by atoms with E-state index < -0.39 is 66.2 Å². The third kappa shape index (κ3) is 4.30. The van der Waals surface area contributed by atoms with Crippen molar-refractivity contribution < 1.29 is 102 Å². The smallest absolute Gasteiger partial charge is 0.790 e. The van der Waals surface area contributed by atoms with E-state index in [-0.39, 0.29) is 84.2 Å². The number of Topliss-reactive ketones (excluding diaryl/α,β-unsaturated/α-hetero) is 1. The van der Waals surface area contributed by atoms with Crippen molar-refractivity contribution in [3.63, 3.8) is 0 Å². The zero-order chi connectivity index (χ0) is 23.9. The van der Waals surface area contributed by atoms with Gasteiger partial charge in [0.1, 0.15) is 0 Å². The Hall–Kier alpha value is 0.780. The number of carbonyl (C=O) groups is 2. The Balaban J connectivity index is 0.00000204. The molecule has 2 N–H and O–H groups in total. The molecule has 0 aromatic carbocycles. The number of halogens is 1. The molecule has 0 radical (unpaired) electrons. The second-order valence-corrected chi connectivity index (χ2v) is 11.5. The molecule has 4 rings (SSSR count). The molecule has 34 heavy (non-hydrogen) atoms. The first-order chi connectivity index (χ1) is 14.6. The molecule has 0 bridgehead atoms. The summed E-state index contributed by atoms with van der Waals surface area (Å²) in [4.78, 5) is 47.2. The van der Waals surface area contributed by atoms with Crippen LogP contribution in [0.4, 0.5) is 4.39 Å². The molecule has 3 saturated carbocycles. The van der Waals surface area contributed by atoms with Crippen LogP contribution in [0.2, 0.25) is 0 Å². The van der Waals surface area contributed by atoms with E-state index in [2.05, 4.69) is 4.52 Å². The first-order valence-electron chi connectivity index (χ1n) is 10.8. The molecule has 2 unspecified atom stereocenters. The summed E-state index contributed by atoms with van der Waals surface area (Å²) in [6.45, 7) is 3.68. The summed E-state index contributed by atoms with van der Waals surface area (Å²) in [5.41, 5.74) is -6.59. The monoisotopic (exact) mass is 516 g/mol. The number of allylic oxidation sites excluding steroid dienone is 4. The van der Waals surface area contributed by atoms with Gasteiger partial charge in [0.05, 0.1) is 20.5 Å². The van der Waals surface area contributed by atoms with Gasteiger partial charge in [-0.1, -0.05) is 25.5 Å². The van der Waals surface area contributed by atoms with Gasteiger partial charge in [-0.25, -0.2) is 4.39 Å². The van der Waals surface area contributed by atoms with E-state index in [0.717, 1.165) is 0 Å². The Bertz CT molecular complexity index is 984. The van der Waals surface area contributed by atoms with Gasteiger partial charge in [-0.3, -0.25) is 9.59 Å². The van der Waals surface area contributed by atoms with Crippen LogP contribution in [0.25, 0.3) is 0 Å². The number of aliphatic hydroxyl groups is 2. The minimum absolute atomic E-state index is 0. The van der Waals surface area contributed by atoms with Gasteiger partial charge in [-0.05, 0) is 50.7 Å². The van der Waals surface area contributed by atoms with Crippen LogP contribution in [-0.2, 0) is 18.7 Å². The molecule has 12 heteroatoms. The minimum Gasteiger partial charge on any atom is -0.790 e. The van der Waals surface area contributed by atoms with Crippen molar-refractivity contribution in [1.82, 2.24) is 0 Å². The van der Waals surface area contributed by atoms with Crippen LogP contribution in [0.1, 0.15) is 46.5 Å². The van der Waals surface area contributed by atoms with Crippen molar-refractivity contribution in [2.24, 2.45) is 28.6 Å². The maximum Gasteiger partial charge on any atom is 1.00 e. The number of hydrogen-bond donors (Lipinski definition) is 2. The molecule has 0 aromatic rings. The van der Waals surface area contributed by atoms with Crippen LogP contribution in [-0.4, -0.2) is 45.8 Å². The number of fused-ring (bicyclic) bond motifs is 5. The molecule has 0 amide bonds. The maximum absolute atomic E-state index is 17.1. The molecular formula is C22H28FNa2O8P. The molecule has 0 aromatic heterocycles. The quantitative estimate of drug-likeness (QED) is 0.280. The molecule has 3 fully saturated rings. The van der Waals surface area contributed by atoms with Gasteiger partial charge >= 0.3 is 59.1 Å². The van der Waals surface area contributed by atoms with E-state index in [9.17, 15) is 34.2 Å². The summed E-state index contributed by atoms with van der Waals surface area (Å²) in [5, 5.41) is 22.7. The van der Waals surface area contributed by atoms with Crippen molar-refractivity contribution in [2.45, 2.75) is 63.8 Å². The summed E-state index contributed by atoms with van der Waals surface area (Å²) in [7, 11) is -5.49. The number of rotatable bonds is 3. The first kappa shape index (κ1) is 31.0. The molecular weight excluding hydrogens is 488 g/mol. The zero-order valence-electron chi connectivity index (χ0n) is 20.2. The Morgan fingerprint density at radius 1 is 1.24 bits per heavy atom. The van der Waals surface area contributed by atoms with Gasteiger partial charge in [-0.2, -0.15) is 0 Å². The largest absolute Gasteiger partial charge is 1.00 e. The van der Waals surface area contributed by atoms with Gasteiger partial charge in [0.25, 0.3) is 0 Å². The van der Waals surface area contributed by atoms with Gasteiger partial charge in [0.15, 0.2) is 22.8 Å².